The summed E-state index contributed by atoms with van der Waals surface area (Å²) in [5, 5.41) is 3.56. The van der Waals surface area contributed by atoms with E-state index in [0.29, 0.717) is 6.04 Å². The molecule has 0 aromatic carbocycles. The average Bonchev–Trinajstić information content (AvgIpc) is 2.47. The minimum atomic E-state index is -0.416. The number of ether oxygens (including phenoxy) is 2. The van der Waals surface area contributed by atoms with Gasteiger partial charge in [-0.05, 0) is 33.6 Å². The third-order valence-corrected chi connectivity index (χ3v) is 4.05. The van der Waals surface area contributed by atoms with Crippen LogP contribution in [0.15, 0.2) is 0 Å². The molecular weight excluding hydrogens is 282 g/mol. The predicted octanol–water partition coefficient (Wildman–Crippen LogP) is 1.31. The first-order chi connectivity index (χ1) is 10.4. The molecule has 6 heteroatoms. The molecule has 1 amide bonds. The van der Waals surface area contributed by atoms with Crippen molar-refractivity contribution in [2.45, 2.75) is 45.3 Å². The second-order valence-corrected chi connectivity index (χ2v) is 7.18. The van der Waals surface area contributed by atoms with Crippen LogP contribution in [0.5, 0.6) is 0 Å². The minimum Gasteiger partial charge on any atom is -0.444 e. The Morgan fingerprint density at radius 3 is 2.59 bits per heavy atom. The Kier molecular flexibility index (Phi) is 6.47. The highest BCUT2D eigenvalue weighted by atomic mass is 16.6. The normalized spacial score (nSPS) is 24.3. The molecule has 0 bridgehead atoms. The monoisotopic (exact) mass is 313 g/mol. The van der Waals surface area contributed by atoms with E-state index in [1.807, 2.05) is 25.7 Å². The van der Waals surface area contributed by atoms with E-state index in [9.17, 15) is 4.79 Å². The fourth-order valence-corrected chi connectivity index (χ4v) is 2.81. The van der Waals surface area contributed by atoms with Crippen molar-refractivity contribution in [3.05, 3.63) is 0 Å². The lowest BCUT2D eigenvalue weighted by molar-refractivity contribution is 0.0143. The third-order valence-electron chi connectivity index (χ3n) is 4.05. The molecule has 2 rings (SSSR count). The van der Waals surface area contributed by atoms with Crippen molar-refractivity contribution in [2.75, 3.05) is 52.5 Å². The van der Waals surface area contributed by atoms with Crippen LogP contribution in [0, 0.1) is 0 Å². The largest absolute Gasteiger partial charge is 0.444 e. The van der Waals surface area contributed by atoms with Crippen LogP contribution < -0.4 is 5.32 Å². The predicted molar refractivity (Wildman–Crippen MR) is 86.1 cm³/mol. The number of hydrogen-bond donors (Lipinski definition) is 1. The number of nitrogens with zero attached hydrogens (tertiary/aromatic N) is 2. The van der Waals surface area contributed by atoms with Crippen LogP contribution >= 0.6 is 0 Å². The van der Waals surface area contributed by atoms with E-state index >= 15 is 0 Å². The molecular formula is C16H31N3O3. The molecule has 6 nitrogen and oxygen atoms in total. The molecule has 128 valence electrons. The SMILES string of the molecule is CC(C)(C)OC(=O)N1CCN(CCNC2CCCOC2)CC1. The van der Waals surface area contributed by atoms with E-state index < -0.39 is 5.60 Å². The summed E-state index contributed by atoms with van der Waals surface area (Å²) < 4.78 is 10.9. The quantitative estimate of drug-likeness (QED) is 0.848. The van der Waals surface area contributed by atoms with Gasteiger partial charge in [0, 0.05) is 51.9 Å². The molecule has 0 aromatic heterocycles. The summed E-state index contributed by atoms with van der Waals surface area (Å²) in [6.45, 7) is 12.8. The summed E-state index contributed by atoms with van der Waals surface area (Å²) in [6, 6.07) is 0.511. The molecule has 0 aliphatic carbocycles. The molecule has 2 heterocycles. The van der Waals surface area contributed by atoms with Crippen LogP contribution in [0.25, 0.3) is 0 Å². The van der Waals surface area contributed by atoms with Crippen molar-refractivity contribution in [1.29, 1.82) is 0 Å². The van der Waals surface area contributed by atoms with Crippen molar-refractivity contribution in [1.82, 2.24) is 15.1 Å². The fraction of sp³-hybridized carbons (Fsp3) is 0.938. The van der Waals surface area contributed by atoms with Gasteiger partial charge in [0.25, 0.3) is 0 Å². The van der Waals surface area contributed by atoms with Gasteiger partial charge in [0.2, 0.25) is 0 Å². The van der Waals surface area contributed by atoms with E-state index in [2.05, 4.69) is 10.2 Å². The summed E-state index contributed by atoms with van der Waals surface area (Å²) in [5.74, 6) is 0. The average molecular weight is 313 g/mol. The molecule has 1 atom stereocenters. The lowest BCUT2D eigenvalue weighted by atomic mass is 10.1. The van der Waals surface area contributed by atoms with Crippen molar-refractivity contribution >= 4 is 6.09 Å². The molecule has 0 aromatic rings. The topological polar surface area (TPSA) is 54.0 Å². The Hall–Kier alpha value is -0.850. The van der Waals surface area contributed by atoms with Gasteiger partial charge in [0.1, 0.15) is 5.60 Å². The Morgan fingerprint density at radius 1 is 1.27 bits per heavy atom. The fourth-order valence-electron chi connectivity index (χ4n) is 2.81. The standard InChI is InChI=1S/C16H31N3O3/c1-16(2,3)22-15(20)19-10-8-18(9-11-19)7-6-17-14-5-4-12-21-13-14/h14,17H,4-13H2,1-3H3. The zero-order chi connectivity index (χ0) is 16.0. The van der Waals surface area contributed by atoms with Crippen molar-refractivity contribution in [2.24, 2.45) is 0 Å². The number of carbonyl (C=O) groups is 1. The molecule has 0 radical (unpaired) electrons. The summed E-state index contributed by atoms with van der Waals surface area (Å²) in [6.07, 6.45) is 2.18. The van der Waals surface area contributed by atoms with Crippen LogP contribution in [-0.2, 0) is 9.47 Å². The van der Waals surface area contributed by atoms with E-state index in [1.165, 1.54) is 6.42 Å². The molecule has 1 unspecified atom stereocenters. The maximum Gasteiger partial charge on any atom is 0.410 e. The first-order valence-corrected chi connectivity index (χ1v) is 8.45. The number of nitrogens with one attached hydrogen (secondary N) is 1. The summed E-state index contributed by atoms with van der Waals surface area (Å²) in [7, 11) is 0. The second-order valence-electron chi connectivity index (χ2n) is 7.18. The van der Waals surface area contributed by atoms with Crippen LogP contribution in [0.1, 0.15) is 33.6 Å². The first-order valence-electron chi connectivity index (χ1n) is 8.45. The van der Waals surface area contributed by atoms with Gasteiger partial charge in [-0.1, -0.05) is 0 Å². The summed E-state index contributed by atoms with van der Waals surface area (Å²) in [5.41, 5.74) is -0.416. The van der Waals surface area contributed by atoms with E-state index in [-0.39, 0.29) is 6.09 Å². The van der Waals surface area contributed by atoms with Crippen LogP contribution in [0.2, 0.25) is 0 Å². The number of rotatable bonds is 4. The van der Waals surface area contributed by atoms with E-state index in [4.69, 9.17) is 9.47 Å². The Balaban J connectivity index is 1.59. The van der Waals surface area contributed by atoms with E-state index in [1.54, 1.807) is 0 Å². The Bertz CT molecular complexity index is 343. The zero-order valence-corrected chi connectivity index (χ0v) is 14.3. The van der Waals surface area contributed by atoms with Gasteiger partial charge < -0.3 is 19.7 Å². The molecule has 0 saturated carbocycles. The van der Waals surface area contributed by atoms with Crippen LogP contribution in [0.4, 0.5) is 4.79 Å². The van der Waals surface area contributed by atoms with Crippen molar-refractivity contribution in [3.63, 3.8) is 0 Å². The van der Waals surface area contributed by atoms with Gasteiger partial charge in [-0.2, -0.15) is 0 Å². The van der Waals surface area contributed by atoms with E-state index in [0.717, 1.165) is 58.9 Å². The molecule has 22 heavy (non-hydrogen) atoms. The van der Waals surface area contributed by atoms with Gasteiger partial charge >= 0.3 is 6.09 Å². The number of piperazine rings is 1. The molecule has 0 spiro atoms. The maximum atomic E-state index is 12.0. The number of amides is 1. The van der Waals surface area contributed by atoms with Gasteiger partial charge in [-0.3, -0.25) is 4.90 Å². The third kappa shape index (κ3) is 6.10. The van der Waals surface area contributed by atoms with Crippen molar-refractivity contribution < 1.29 is 14.3 Å². The lowest BCUT2D eigenvalue weighted by Gasteiger charge is -2.36. The Morgan fingerprint density at radius 2 is 2.00 bits per heavy atom. The van der Waals surface area contributed by atoms with Crippen LogP contribution in [0.3, 0.4) is 0 Å². The maximum absolute atomic E-state index is 12.0. The molecule has 2 aliphatic rings. The van der Waals surface area contributed by atoms with Crippen molar-refractivity contribution in [3.8, 4) is 0 Å². The molecule has 2 saturated heterocycles. The second kappa shape index (κ2) is 8.13. The minimum absolute atomic E-state index is 0.190. The van der Waals surface area contributed by atoms with Crippen LogP contribution in [-0.4, -0.2) is 80.0 Å². The lowest BCUT2D eigenvalue weighted by Crippen LogP contribution is -2.51. The molecule has 1 N–H and O–H groups in total. The highest BCUT2D eigenvalue weighted by molar-refractivity contribution is 5.68. The summed E-state index contributed by atoms with van der Waals surface area (Å²) >= 11 is 0. The highest BCUT2D eigenvalue weighted by Crippen LogP contribution is 2.11. The van der Waals surface area contributed by atoms with Gasteiger partial charge in [0.15, 0.2) is 0 Å². The molecule has 2 fully saturated rings. The highest BCUT2D eigenvalue weighted by Gasteiger charge is 2.25. The number of carbonyl (C=O) groups excluding carboxylic acids is 1. The van der Waals surface area contributed by atoms with Gasteiger partial charge in [-0.15, -0.1) is 0 Å². The van der Waals surface area contributed by atoms with Gasteiger partial charge in [-0.25, -0.2) is 4.79 Å². The smallest absolute Gasteiger partial charge is 0.410 e. The number of hydrogen-bond acceptors (Lipinski definition) is 5. The summed E-state index contributed by atoms with van der Waals surface area (Å²) in [4.78, 5) is 16.2. The Labute approximate surface area is 134 Å². The zero-order valence-electron chi connectivity index (χ0n) is 14.3. The molecule has 2 aliphatic heterocycles. The first kappa shape index (κ1) is 17.5. The van der Waals surface area contributed by atoms with Gasteiger partial charge in [0.05, 0.1) is 6.61 Å².